The standard InChI is InChI=1S/C22H37N3OS2/c26-22(23-10-16-27)19-25(15-17-28)12-5-4-11-24-13-8-21(9-14-24)18-20-6-2-1-3-7-20/h1-3,6-7,21,27-28H,4-5,8-19H2,(H,23,26). The zero-order valence-electron chi connectivity index (χ0n) is 17.1. The van der Waals surface area contributed by atoms with Crippen LogP contribution in [0.4, 0.5) is 0 Å². The van der Waals surface area contributed by atoms with E-state index >= 15 is 0 Å². The molecule has 0 aliphatic carbocycles. The average Bonchev–Trinajstić information content (AvgIpc) is 2.71. The molecule has 0 bridgehead atoms. The maximum Gasteiger partial charge on any atom is 0.234 e. The van der Waals surface area contributed by atoms with Crippen molar-refractivity contribution in [3.05, 3.63) is 35.9 Å². The van der Waals surface area contributed by atoms with Gasteiger partial charge in [0, 0.05) is 24.6 Å². The highest BCUT2D eigenvalue weighted by Gasteiger charge is 2.19. The van der Waals surface area contributed by atoms with E-state index in [1.807, 2.05) is 0 Å². The summed E-state index contributed by atoms with van der Waals surface area (Å²) in [6.45, 7) is 6.57. The number of hydrogen-bond acceptors (Lipinski definition) is 5. The molecule has 1 aromatic rings. The van der Waals surface area contributed by atoms with Crippen molar-refractivity contribution in [2.24, 2.45) is 5.92 Å². The molecule has 1 aliphatic heterocycles. The summed E-state index contributed by atoms with van der Waals surface area (Å²) < 4.78 is 0. The second-order valence-corrected chi connectivity index (χ2v) is 8.65. The van der Waals surface area contributed by atoms with Crippen LogP contribution in [0, 0.1) is 5.92 Å². The molecule has 4 nitrogen and oxygen atoms in total. The Kier molecular flexibility index (Phi) is 12.1. The lowest BCUT2D eigenvalue weighted by Crippen LogP contribution is -2.39. The largest absolute Gasteiger partial charge is 0.354 e. The molecule has 0 aromatic heterocycles. The van der Waals surface area contributed by atoms with Crippen molar-refractivity contribution in [3.8, 4) is 0 Å². The van der Waals surface area contributed by atoms with Gasteiger partial charge in [0.1, 0.15) is 0 Å². The second-order valence-electron chi connectivity index (χ2n) is 7.76. The molecule has 0 spiro atoms. The SMILES string of the molecule is O=C(CN(CCS)CCCCN1CCC(Cc2ccccc2)CC1)NCCS. The lowest BCUT2D eigenvalue weighted by Gasteiger charge is -2.32. The van der Waals surface area contributed by atoms with Crippen molar-refractivity contribution in [2.45, 2.75) is 32.1 Å². The van der Waals surface area contributed by atoms with Gasteiger partial charge in [0.2, 0.25) is 5.91 Å². The van der Waals surface area contributed by atoms with E-state index in [4.69, 9.17) is 0 Å². The van der Waals surface area contributed by atoms with E-state index < -0.39 is 0 Å². The highest BCUT2D eigenvalue weighted by atomic mass is 32.1. The van der Waals surface area contributed by atoms with Crippen molar-refractivity contribution in [3.63, 3.8) is 0 Å². The van der Waals surface area contributed by atoms with Gasteiger partial charge in [-0.25, -0.2) is 0 Å². The van der Waals surface area contributed by atoms with Crippen molar-refractivity contribution in [2.75, 3.05) is 57.3 Å². The van der Waals surface area contributed by atoms with Crippen LogP contribution in [0.3, 0.4) is 0 Å². The van der Waals surface area contributed by atoms with Crippen LogP contribution in [0.1, 0.15) is 31.2 Å². The van der Waals surface area contributed by atoms with Gasteiger partial charge in [-0.1, -0.05) is 30.3 Å². The van der Waals surface area contributed by atoms with Gasteiger partial charge >= 0.3 is 0 Å². The molecule has 0 saturated carbocycles. The zero-order chi connectivity index (χ0) is 20.0. The van der Waals surface area contributed by atoms with Crippen molar-refractivity contribution in [1.82, 2.24) is 15.1 Å². The predicted octanol–water partition coefficient (Wildman–Crippen LogP) is 3.00. The van der Waals surface area contributed by atoms with E-state index in [-0.39, 0.29) is 5.91 Å². The summed E-state index contributed by atoms with van der Waals surface area (Å²) in [7, 11) is 0. The Morgan fingerprint density at radius 3 is 2.50 bits per heavy atom. The Hall–Kier alpha value is -0.690. The normalized spacial score (nSPS) is 15.8. The number of hydrogen-bond donors (Lipinski definition) is 3. The topological polar surface area (TPSA) is 35.6 Å². The van der Waals surface area contributed by atoms with E-state index in [2.05, 4.69) is 70.7 Å². The first kappa shape index (κ1) is 23.6. The quantitative estimate of drug-likeness (QED) is 0.337. The number of unbranched alkanes of at least 4 members (excludes halogenated alkanes) is 1. The zero-order valence-corrected chi connectivity index (χ0v) is 18.8. The second kappa shape index (κ2) is 14.3. The number of nitrogens with zero attached hydrogens (tertiary/aromatic N) is 2. The lowest BCUT2D eigenvalue weighted by atomic mass is 9.90. The number of amides is 1. The molecule has 28 heavy (non-hydrogen) atoms. The number of rotatable bonds is 13. The third-order valence-corrected chi connectivity index (χ3v) is 5.91. The van der Waals surface area contributed by atoms with Gasteiger partial charge in [-0.2, -0.15) is 25.3 Å². The van der Waals surface area contributed by atoms with Gasteiger partial charge in [0.15, 0.2) is 0 Å². The summed E-state index contributed by atoms with van der Waals surface area (Å²) in [6, 6.07) is 10.9. The van der Waals surface area contributed by atoms with Crippen LogP contribution in [0.5, 0.6) is 0 Å². The highest BCUT2D eigenvalue weighted by molar-refractivity contribution is 7.80. The number of carbonyl (C=O) groups is 1. The summed E-state index contributed by atoms with van der Waals surface area (Å²) in [4.78, 5) is 16.7. The molecule has 0 radical (unpaired) electrons. The van der Waals surface area contributed by atoms with E-state index in [9.17, 15) is 4.79 Å². The smallest absolute Gasteiger partial charge is 0.234 e. The van der Waals surface area contributed by atoms with E-state index in [1.54, 1.807) is 0 Å². The number of piperidine rings is 1. The van der Waals surface area contributed by atoms with Gasteiger partial charge < -0.3 is 10.2 Å². The monoisotopic (exact) mass is 423 g/mol. The van der Waals surface area contributed by atoms with Crippen LogP contribution < -0.4 is 5.32 Å². The van der Waals surface area contributed by atoms with Gasteiger partial charge in [-0.3, -0.25) is 9.69 Å². The Morgan fingerprint density at radius 2 is 1.82 bits per heavy atom. The fourth-order valence-electron chi connectivity index (χ4n) is 3.90. The minimum absolute atomic E-state index is 0.0938. The van der Waals surface area contributed by atoms with E-state index in [0.29, 0.717) is 18.8 Å². The van der Waals surface area contributed by atoms with Crippen LogP contribution in [0.2, 0.25) is 0 Å². The Bertz CT molecular complexity index is 536. The summed E-state index contributed by atoms with van der Waals surface area (Å²) >= 11 is 8.46. The van der Waals surface area contributed by atoms with Crippen molar-refractivity contribution in [1.29, 1.82) is 0 Å². The number of thiol groups is 2. The summed E-state index contributed by atoms with van der Waals surface area (Å²) in [5.41, 5.74) is 1.48. The number of benzene rings is 1. The first-order chi connectivity index (χ1) is 13.7. The number of likely N-dealkylation sites (tertiary alicyclic amines) is 1. The molecule has 1 aromatic carbocycles. The first-order valence-electron chi connectivity index (χ1n) is 10.7. The Balaban J connectivity index is 1.58. The average molecular weight is 424 g/mol. The van der Waals surface area contributed by atoms with Gasteiger partial charge in [0.05, 0.1) is 6.54 Å². The molecule has 0 atom stereocenters. The summed E-state index contributed by atoms with van der Waals surface area (Å²) in [5.74, 6) is 2.39. The summed E-state index contributed by atoms with van der Waals surface area (Å²) in [6.07, 6.45) is 6.18. The minimum atomic E-state index is 0.0938. The molecule has 0 unspecified atom stereocenters. The minimum Gasteiger partial charge on any atom is -0.354 e. The molecule has 1 N–H and O–H groups in total. The molecule has 158 valence electrons. The lowest BCUT2D eigenvalue weighted by molar-refractivity contribution is -0.122. The van der Waals surface area contributed by atoms with Crippen molar-refractivity contribution < 1.29 is 4.79 Å². The molecule has 1 fully saturated rings. The van der Waals surface area contributed by atoms with Crippen LogP contribution in [-0.4, -0.2) is 73.0 Å². The molecule has 1 amide bonds. The molecular weight excluding hydrogens is 386 g/mol. The van der Waals surface area contributed by atoms with Gasteiger partial charge in [-0.15, -0.1) is 0 Å². The van der Waals surface area contributed by atoms with Crippen LogP contribution in [0.15, 0.2) is 30.3 Å². The fourth-order valence-corrected chi connectivity index (χ4v) is 4.29. The molecule has 6 heteroatoms. The van der Waals surface area contributed by atoms with Crippen molar-refractivity contribution >= 4 is 31.2 Å². The predicted molar refractivity (Wildman–Crippen MR) is 126 cm³/mol. The van der Waals surface area contributed by atoms with Crippen LogP contribution >= 0.6 is 25.3 Å². The fraction of sp³-hybridized carbons (Fsp3) is 0.682. The molecule has 2 rings (SSSR count). The van der Waals surface area contributed by atoms with Crippen LogP contribution in [0.25, 0.3) is 0 Å². The molecule has 1 heterocycles. The summed E-state index contributed by atoms with van der Waals surface area (Å²) in [5, 5.41) is 2.89. The maximum absolute atomic E-state index is 11.9. The third-order valence-electron chi connectivity index (χ3n) is 5.49. The Morgan fingerprint density at radius 1 is 1.07 bits per heavy atom. The number of carbonyl (C=O) groups excluding carboxylic acids is 1. The van der Waals surface area contributed by atoms with Gasteiger partial charge in [-0.05, 0) is 69.8 Å². The highest BCUT2D eigenvalue weighted by Crippen LogP contribution is 2.21. The van der Waals surface area contributed by atoms with E-state index in [0.717, 1.165) is 31.2 Å². The molecule has 1 saturated heterocycles. The maximum atomic E-state index is 11.9. The molecular formula is C22H37N3OS2. The van der Waals surface area contributed by atoms with E-state index in [1.165, 1.54) is 50.9 Å². The van der Waals surface area contributed by atoms with Crippen LogP contribution in [-0.2, 0) is 11.2 Å². The first-order valence-corrected chi connectivity index (χ1v) is 11.9. The van der Waals surface area contributed by atoms with Gasteiger partial charge in [0.25, 0.3) is 0 Å². The molecule has 1 aliphatic rings. The Labute approximate surface area is 182 Å². The third kappa shape index (κ3) is 9.68. The number of nitrogens with one attached hydrogen (secondary N) is 1.